The molecule has 2 aromatic rings. The zero-order valence-corrected chi connectivity index (χ0v) is 17.4. The van der Waals surface area contributed by atoms with Gasteiger partial charge in [0.25, 0.3) is 5.91 Å². The van der Waals surface area contributed by atoms with Gasteiger partial charge in [0.05, 0.1) is 26.9 Å². The highest BCUT2D eigenvalue weighted by Gasteiger charge is 2.25. The van der Waals surface area contributed by atoms with E-state index in [-0.39, 0.29) is 11.9 Å². The lowest BCUT2D eigenvalue weighted by molar-refractivity contribution is 0.0931. The van der Waals surface area contributed by atoms with Crippen molar-refractivity contribution in [1.29, 1.82) is 0 Å². The number of hydrogen-bond acceptors (Lipinski definition) is 5. The lowest BCUT2D eigenvalue weighted by Gasteiger charge is -2.28. The van der Waals surface area contributed by atoms with Gasteiger partial charge in [-0.15, -0.1) is 0 Å². The summed E-state index contributed by atoms with van der Waals surface area (Å²) in [5.41, 5.74) is 1.59. The molecule has 0 radical (unpaired) electrons. The first kappa shape index (κ1) is 21.0. The highest BCUT2D eigenvalue weighted by atomic mass is 16.5. The number of ether oxygens (including phenoxy) is 3. The van der Waals surface area contributed by atoms with Gasteiger partial charge in [-0.3, -0.25) is 9.69 Å². The molecule has 1 aliphatic heterocycles. The summed E-state index contributed by atoms with van der Waals surface area (Å²) < 4.78 is 16.3. The topological polar surface area (TPSA) is 60.0 Å². The summed E-state index contributed by atoms with van der Waals surface area (Å²) in [5.74, 6) is 1.66. The molecule has 1 heterocycles. The highest BCUT2D eigenvalue weighted by Crippen LogP contribution is 2.29. The molecule has 3 rings (SSSR count). The molecule has 1 N–H and O–H groups in total. The Morgan fingerprint density at radius 2 is 1.66 bits per heavy atom. The molecule has 0 aliphatic carbocycles. The zero-order chi connectivity index (χ0) is 20.6. The average molecular weight is 399 g/mol. The Morgan fingerprint density at radius 3 is 2.21 bits per heavy atom. The van der Waals surface area contributed by atoms with Gasteiger partial charge in [0.1, 0.15) is 22.8 Å². The minimum Gasteiger partial charge on any atom is -0.496 e. The smallest absolute Gasteiger partial charge is 0.258 e. The number of hydrogen-bond donors (Lipinski definition) is 1. The number of carbonyl (C=O) groups is 1. The fourth-order valence-electron chi connectivity index (χ4n) is 3.82. The van der Waals surface area contributed by atoms with E-state index in [4.69, 9.17) is 14.2 Å². The highest BCUT2D eigenvalue weighted by molar-refractivity contribution is 5.99. The number of nitrogens with one attached hydrogen (secondary N) is 1. The van der Waals surface area contributed by atoms with Gasteiger partial charge in [0.15, 0.2) is 0 Å². The first-order valence-corrected chi connectivity index (χ1v) is 10.1. The molecule has 2 aromatic carbocycles. The Morgan fingerprint density at radius 1 is 1.03 bits per heavy atom. The molecule has 156 valence electrons. The predicted molar refractivity (Wildman–Crippen MR) is 113 cm³/mol. The number of rotatable bonds is 9. The van der Waals surface area contributed by atoms with E-state index in [1.165, 1.54) is 18.4 Å². The Balaban J connectivity index is 1.78. The van der Waals surface area contributed by atoms with E-state index in [9.17, 15) is 4.79 Å². The summed E-state index contributed by atoms with van der Waals surface area (Å²) in [6, 6.07) is 13.6. The molecule has 6 nitrogen and oxygen atoms in total. The monoisotopic (exact) mass is 398 g/mol. The van der Waals surface area contributed by atoms with Crippen molar-refractivity contribution in [2.75, 3.05) is 40.5 Å². The van der Waals surface area contributed by atoms with Crippen molar-refractivity contribution in [2.24, 2.45) is 0 Å². The molecular formula is C23H30N2O4. The number of benzene rings is 2. The summed E-state index contributed by atoms with van der Waals surface area (Å²) in [5, 5.41) is 3.09. The largest absolute Gasteiger partial charge is 0.496 e. The SMILES string of the molecule is CCOc1ccc(C(CNC(=O)c2c(OC)cccc2OC)N2CCCC2)cc1. The molecule has 0 aromatic heterocycles. The number of amides is 1. The Labute approximate surface area is 172 Å². The van der Waals surface area contributed by atoms with Crippen LogP contribution in [0.15, 0.2) is 42.5 Å². The number of likely N-dealkylation sites (tertiary alicyclic amines) is 1. The Hall–Kier alpha value is -2.73. The third-order valence-corrected chi connectivity index (χ3v) is 5.27. The molecule has 6 heteroatoms. The maximum absolute atomic E-state index is 13.0. The van der Waals surface area contributed by atoms with Crippen LogP contribution < -0.4 is 19.5 Å². The predicted octanol–water partition coefficient (Wildman–Crippen LogP) is 3.67. The lowest BCUT2D eigenvalue weighted by atomic mass is 10.0. The summed E-state index contributed by atoms with van der Waals surface area (Å²) in [7, 11) is 3.11. The summed E-state index contributed by atoms with van der Waals surface area (Å²) in [4.78, 5) is 15.4. The minimum atomic E-state index is -0.200. The van der Waals surface area contributed by atoms with Crippen LogP contribution >= 0.6 is 0 Å². The van der Waals surface area contributed by atoms with E-state index in [2.05, 4.69) is 22.3 Å². The second-order valence-corrected chi connectivity index (χ2v) is 7.01. The van der Waals surface area contributed by atoms with Gasteiger partial charge in [-0.25, -0.2) is 0 Å². The third kappa shape index (κ3) is 5.01. The second kappa shape index (κ2) is 10.2. The van der Waals surface area contributed by atoms with Crippen LogP contribution in [0.4, 0.5) is 0 Å². The van der Waals surface area contributed by atoms with E-state index in [0.717, 1.165) is 18.8 Å². The summed E-state index contributed by atoms with van der Waals surface area (Å²) >= 11 is 0. The molecule has 1 fully saturated rings. The fraction of sp³-hybridized carbons (Fsp3) is 0.435. The molecule has 1 amide bonds. The number of nitrogens with zero attached hydrogens (tertiary/aromatic N) is 1. The van der Waals surface area contributed by atoms with E-state index >= 15 is 0 Å². The van der Waals surface area contributed by atoms with Gasteiger partial charge >= 0.3 is 0 Å². The molecule has 1 atom stereocenters. The standard InChI is InChI=1S/C23H30N2O4/c1-4-29-18-12-10-17(11-13-18)19(25-14-5-6-15-25)16-24-23(26)22-20(27-2)8-7-9-21(22)28-3/h7-13,19H,4-6,14-16H2,1-3H3,(H,24,26). The van der Waals surface area contributed by atoms with E-state index in [1.54, 1.807) is 32.4 Å². The minimum absolute atomic E-state index is 0.109. The van der Waals surface area contributed by atoms with E-state index < -0.39 is 0 Å². The van der Waals surface area contributed by atoms with Crippen LogP contribution in [0.3, 0.4) is 0 Å². The van der Waals surface area contributed by atoms with Gasteiger partial charge in [0, 0.05) is 6.54 Å². The van der Waals surface area contributed by atoms with Crippen LogP contribution in [-0.4, -0.2) is 51.3 Å². The van der Waals surface area contributed by atoms with Crippen LogP contribution in [0.5, 0.6) is 17.2 Å². The van der Waals surface area contributed by atoms with Crippen molar-refractivity contribution in [3.63, 3.8) is 0 Å². The van der Waals surface area contributed by atoms with Gasteiger partial charge < -0.3 is 19.5 Å². The average Bonchev–Trinajstić information content (AvgIpc) is 3.29. The summed E-state index contributed by atoms with van der Waals surface area (Å²) in [6.07, 6.45) is 2.36. The normalized spacial score (nSPS) is 15.0. The number of carbonyl (C=O) groups excluding carboxylic acids is 1. The summed E-state index contributed by atoms with van der Waals surface area (Å²) in [6.45, 7) is 5.19. The first-order valence-electron chi connectivity index (χ1n) is 10.1. The molecule has 1 saturated heterocycles. The van der Waals surface area contributed by atoms with Gasteiger partial charge in [-0.05, 0) is 62.7 Å². The quantitative estimate of drug-likeness (QED) is 0.698. The van der Waals surface area contributed by atoms with Crippen molar-refractivity contribution in [3.8, 4) is 17.2 Å². The van der Waals surface area contributed by atoms with Crippen LogP contribution in [0.1, 0.15) is 41.7 Å². The molecule has 29 heavy (non-hydrogen) atoms. The third-order valence-electron chi connectivity index (χ3n) is 5.27. The molecule has 0 saturated carbocycles. The maximum Gasteiger partial charge on any atom is 0.258 e. The number of methoxy groups -OCH3 is 2. The van der Waals surface area contributed by atoms with Gasteiger partial charge in [-0.2, -0.15) is 0 Å². The van der Waals surface area contributed by atoms with Crippen molar-refractivity contribution < 1.29 is 19.0 Å². The second-order valence-electron chi connectivity index (χ2n) is 7.01. The van der Waals surface area contributed by atoms with Gasteiger partial charge in [0.2, 0.25) is 0 Å². The Kier molecular flexibility index (Phi) is 7.36. The van der Waals surface area contributed by atoms with E-state index in [0.29, 0.717) is 30.2 Å². The lowest BCUT2D eigenvalue weighted by Crippen LogP contribution is -2.37. The Bertz CT molecular complexity index is 779. The zero-order valence-electron chi connectivity index (χ0n) is 17.4. The van der Waals surface area contributed by atoms with Crippen molar-refractivity contribution in [1.82, 2.24) is 10.2 Å². The molecule has 1 unspecified atom stereocenters. The molecule has 0 spiro atoms. The molecule has 0 bridgehead atoms. The van der Waals surface area contributed by atoms with Crippen LogP contribution in [0.25, 0.3) is 0 Å². The van der Waals surface area contributed by atoms with Gasteiger partial charge in [-0.1, -0.05) is 18.2 Å². The maximum atomic E-state index is 13.0. The fourth-order valence-corrected chi connectivity index (χ4v) is 3.82. The molecule has 1 aliphatic rings. The van der Waals surface area contributed by atoms with E-state index in [1.807, 2.05) is 19.1 Å². The van der Waals surface area contributed by atoms with Crippen molar-refractivity contribution in [3.05, 3.63) is 53.6 Å². The molecular weight excluding hydrogens is 368 g/mol. The van der Waals surface area contributed by atoms with Crippen LogP contribution in [0, 0.1) is 0 Å². The van der Waals surface area contributed by atoms with Crippen molar-refractivity contribution >= 4 is 5.91 Å². The van der Waals surface area contributed by atoms with Crippen LogP contribution in [-0.2, 0) is 0 Å². The first-order chi connectivity index (χ1) is 14.2. The van der Waals surface area contributed by atoms with Crippen molar-refractivity contribution in [2.45, 2.75) is 25.8 Å². The van der Waals surface area contributed by atoms with Crippen LogP contribution in [0.2, 0.25) is 0 Å².